The number of benzene rings is 3. The van der Waals surface area contributed by atoms with Gasteiger partial charge in [-0.2, -0.15) is 0 Å². The predicted molar refractivity (Wildman–Crippen MR) is 129 cm³/mol. The number of ether oxygens (including phenoxy) is 2. The molecular weight excluding hydrogens is 460 g/mol. The molecule has 3 heterocycles. The summed E-state index contributed by atoms with van der Waals surface area (Å²) in [5.74, 6) is -0.277. The standard InChI is InChI=1S/C29H18O7/c30-25-15-20(22-13-12-21(34-22)17-6-8-18(9-7-17)29(32)33)26-23(35-25)11-10-19-27(31)24(36-28(19)26)14-16-4-2-1-3-5-16/h1-14,20H,15H2,(H,32,33)/b24-14-/t20-/m0/s1. The molecular formula is C29H18O7. The first-order valence-corrected chi connectivity index (χ1v) is 11.3. The Balaban J connectivity index is 1.39. The number of aromatic carboxylic acids is 1. The lowest BCUT2D eigenvalue weighted by molar-refractivity contribution is -0.135. The van der Waals surface area contributed by atoms with E-state index >= 15 is 0 Å². The zero-order chi connectivity index (χ0) is 24.8. The van der Waals surface area contributed by atoms with E-state index in [1.54, 1.807) is 42.5 Å². The van der Waals surface area contributed by atoms with Gasteiger partial charge >= 0.3 is 11.9 Å². The largest absolute Gasteiger partial charge is 0.478 e. The van der Waals surface area contributed by atoms with Crippen LogP contribution in [-0.2, 0) is 4.79 Å². The lowest BCUT2D eigenvalue weighted by Crippen LogP contribution is -2.21. The van der Waals surface area contributed by atoms with Crippen LogP contribution in [0.1, 0.15) is 49.9 Å². The number of carboxylic acid groups (broad SMARTS) is 1. The molecule has 3 aromatic carbocycles. The van der Waals surface area contributed by atoms with Gasteiger partial charge in [0, 0.05) is 11.1 Å². The molecule has 6 rings (SSSR count). The van der Waals surface area contributed by atoms with Crippen molar-refractivity contribution in [3.63, 3.8) is 0 Å². The molecule has 4 aromatic rings. The molecule has 1 aromatic heterocycles. The van der Waals surface area contributed by atoms with Crippen molar-refractivity contribution in [1.82, 2.24) is 0 Å². The van der Waals surface area contributed by atoms with Crippen molar-refractivity contribution in [3.8, 4) is 22.8 Å². The first-order chi connectivity index (χ1) is 17.5. The normalized spacial score (nSPS) is 17.3. The topological polar surface area (TPSA) is 103 Å². The molecule has 1 N–H and O–H groups in total. The molecule has 7 heteroatoms. The van der Waals surface area contributed by atoms with Crippen molar-refractivity contribution in [2.24, 2.45) is 0 Å². The highest BCUT2D eigenvalue weighted by Crippen LogP contribution is 2.49. The third-order valence-electron chi connectivity index (χ3n) is 6.26. The maximum absolute atomic E-state index is 13.1. The van der Waals surface area contributed by atoms with Gasteiger partial charge in [-0.05, 0) is 48.0 Å². The molecule has 2 aliphatic rings. The van der Waals surface area contributed by atoms with Gasteiger partial charge in [-0.3, -0.25) is 9.59 Å². The van der Waals surface area contributed by atoms with Crippen molar-refractivity contribution in [1.29, 1.82) is 0 Å². The highest BCUT2D eigenvalue weighted by Gasteiger charge is 2.39. The van der Waals surface area contributed by atoms with E-state index in [1.807, 2.05) is 30.3 Å². The molecule has 0 saturated heterocycles. The molecule has 0 saturated carbocycles. The highest BCUT2D eigenvalue weighted by atomic mass is 16.5. The van der Waals surface area contributed by atoms with Crippen LogP contribution in [0, 0.1) is 0 Å². The van der Waals surface area contributed by atoms with Crippen molar-refractivity contribution < 1.29 is 33.4 Å². The van der Waals surface area contributed by atoms with Gasteiger partial charge in [-0.1, -0.05) is 42.5 Å². The molecule has 0 bridgehead atoms. The summed E-state index contributed by atoms with van der Waals surface area (Å²) in [6.07, 6.45) is 1.70. The molecule has 0 amide bonds. The predicted octanol–water partition coefficient (Wildman–Crippen LogP) is 5.70. The maximum atomic E-state index is 13.1. The Morgan fingerprint density at radius 2 is 1.67 bits per heavy atom. The van der Waals surface area contributed by atoms with Crippen LogP contribution in [0.25, 0.3) is 17.4 Å². The van der Waals surface area contributed by atoms with Crippen LogP contribution in [0.5, 0.6) is 11.5 Å². The summed E-state index contributed by atoms with van der Waals surface area (Å²) in [7, 11) is 0. The van der Waals surface area contributed by atoms with Crippen LogP contribution in [0.2, 0.25) is 0 Å². The second kappa shape index (κ2) is 8.39. The second-order valence-electron chi connectivity index (χ2n) is 8.52. The Kier molecular flexibility index (Phi) is 5.04. The van der Waals surface area contributed by atoms with Crippen molar-refractivity contribution >= 4 is 23.8 Å². The van der Waals surface area contributed by atoms with E-state index in [0.717, 1.165) is 5.56 Å². The van der Waals surface area contributed by atoms with Crippen LogP contribution in [0.15, 0.2) is 89.0 Å². The minimum absolute atomic E-state index is 0.0175. The molecule has 36 heavy (non-hydrogen) atoms. The first kappa shape index (κ1) is 21.6. The van der Waals surface area contributed by atoms with Crippen LogP contribution in [0.3, 0.4) is 0 Å². The van der Waals surface area contributed by atoms with E-state index in [-0.39, 0.29) is 23.5 Å². The molecule has 0 unspecified atom stereocenters. The molecule has 1 atom stereocenters. The van der Waals surface area contributed by atoms with Gasteiger partial charge in [0.05, 0.1) is 23.5 Å². The number of furan rings is 1. The molecule has 0 spiro atoms. The third-order valence-corrected chi connectivity index (χ3v) is 6.26. The van der Waals surface area contributed by atoms with E-state index in [9.17, 15) is 14.4 Å². The molecule has 2 aliphatic heterocycles. The van der Waals surface area contributed by atoms with Crippen LogP contribution < -0.4 is 9.47 Å². The van der Waals surface area contributed by atoms with Gasteiger partial charge in [-0.25, -0.2) is 4.79 Å². The average Bonchev–Trinajstić information content (AvgIpc) is 3.49. The Bertz CT molecular complexity index is 1560. The number of hydrogen-bond donors (Lipinski definition) is 1. The number of hydrogen-bond acceptors (Lipinski definition) is 6. The Labute approximate surface area is 205 Å². The minimum Gasteiger partial charge on any atom is -0.478 e. The summed E-state index contributed by atoms with van der Waals surface area (Å²) in [4.78, 5) is 36.7. The Morgan fingerprint density at radius 1 is 0.889 bits per heavy atom. The number of allylic oxidation sites excluding steroid dienone is 1. The van der Waals surface area contributed by atoms with E-state index in [4.69, 9.17) is 19.0 Å². The summed E-state index contributed by atoms with van der Waals surface area (Å²) in [5.41, 5.74) is 2.68. The van der Waals surface area contributed by atoms with Crippen LogP contribution in [0.4, 0.5) is 0 Å². The Morgan fingerprint density at radius 3 is 2.42 bits per heavy atom. The summed E-state index contributed by atoms with van der Waals surface area (Å²) in [6, 6.07) is 22.5. The van der Waals surface area contributed by atoms with E-state index in [2.05, 4.69) is 0 Å². The number of fused-ring (bicyclic) bond motifs is 3. The van der Waals surface area contributed by atoms with Crippen LogP contribution in [-0.4, -0.2) is 22.8 Å². The van der Waals surface area contributed by atoms with Gasteiger partial charge in [0.1, 0.15) is 23.0 Å². The summed E-state index contributed by atoms with van der Waals surface area (Å²) >= 11 is 0. The molecule has 0 aliphatic carbocycles. The van der Waals surface area contributed by atoms with Crippen molar-refractivity contribution in [2.75, 3.05) is 0 Å². The zero-order valence-electron chi connectivity index (χ0n) is 18.8. The minimum atomic E-state index is -1.01. The summed E-state index contributed by atoms with van der Waals surface area (Å²) < 4.78 is 17.6. The second-order valence-corrected chi connectivity index (χ2v) is 8.52. The smallest absolute Gasteiger partial charge is 0.335 e. The highest BCUT2D eigenvalue weighted by molar-refractivity contribution is 6.15. The number of carboxylic acids is 1. The SMILES string of the molecule is O=C1C[C@@H](c2ccc(-c3ccc(C(=O)O)cc3)o2)c2c(ccc3c2O/C(=C\c2ccccc2)C3=O)O1. The number of carbonyl (C=O) groups excluding carboxylic acids is 2. The van der Waals surface area contributed by atoms with Crippen molar-refractivity contribution in [2.45, 2.75) is 12.3 Å². The fourth-order valence-corrected chi connectivity index (χ4v) is 4.52. The number of Topliss-reactive ketones (excluding diaryl/α,β-unsaturated/α-hetero) is 1. The lowest BCUT2D eigenvalue weighted by Gasteiger charge is -2.24. The molecule has 0 radical (unpaired) electrons. The monoisotopic (exact) mass is 478 g/mol. The van der Waals surface area contributed by atoms with Gasteiger partial charge in [0.25, 0.3) is 0 Å². The summed E-state index contributed by atoms with van der Waals surface area (Å²) in [5, 5.41) is 9.13. The number of esters is 1. The Hall–Kier alpha value is -4.91. The molecule has 176 valence electrons. The lowest BCUT2D eigenvalue weighted by atomic mass is 9.88. The fraction of sp³-hybridized carbons (Fsp3) is 0.0690. The third kappa shape index (κ3) is 3.67. The van der Waals surface area contributed by atoms with Gasteiger partial charge in [0.15, 0.2) is 5.76 Å². The number of carbonyl (C=O) groups is 3. The number of rotatable bonds is 4. The van der Waals surface area contributed by atoms with Gasteiger partial charge < -0.3 is 19.0 Å². The van der Waals surface area contributed by atoms with Crippen molar-refractivity contribution in [3.05, 3.63) is 113 Å². The fourth-order valence-electron chi connectivity index (χ4n) is 4.52. The van der Waals surface area contributed by atoms with Gasteiger partial charge in [0.2, 0.25) is 5.78 Å². The van der Waals surface area contributed by atoms with E-state index in [1.165, 1.54) is 12.1 Å². The molecule has 0 fully saturated rings. The average molecular weight is 478 g/mol. The first-order valence-electron chi connectivity index (χ1n) is 11.3. The maximum Gasteiger partial charge on any atom is 0.335 e. The van der Waals surface area contributed by atoms with E-state index < -0.39 is 17.9 Å². The summed E-state index contributed by atoms with van der Waals surface area (Å²) in [6.45, 7) is 0. The number of ketones is 1. The quantitative estimate of drug-likeness (QED) is 0.228. The molecule has 7 nitrogen and oxygen atoms in total. The van der Waals surface area contributed by atoms with Crippen LogP contribution >= 0.6 is 0 Å². The van der Waals surface area contributed by atoms with Gasteiger partial charge in [-0.15, -0.1) is 0 Å². The van der Waals surface area contributed by atoms with E-state index in [0.29, 0.717) is 39.7 Å². The zero-order valence-corrected chi connectivity index (χ0v) is 18.8.